The van der Waals surface area contributed by atoms with Gasteiger partial charge in [-0.15, -0.1) is 0 Å². The Kier molecular flexibility index (Phi) is 4.18. The van der Waals surface area contributed by atoms with Gasteiger partial charge in [0.2, 0.25) is 6.79 Å². The Hall–Kier alpha value is -2.57. The smallest absolute Gasteiger partial charge is 0.309 e. The highest BCUT2D eigenvalue weighted by atomic mass is 16.7. The molecule has 1 aromatic rings. The van der Waals surface area contributed by atoms with Gasteiger partial charge in [-0.25, -0.2) is 0 Å². The predicted molar refractivity (Wildman–Crippen MR) is 79.5 cm³/mol. The molecular formula is C16H17NO6. The molecule has 1 aliphatic carbocycles. The van der Waals surface area contributed by atoms with E-state index < -0.39 is 5.91 Å². The van der Waals surface area contributed by atoms with Crippen molar-refractivity contribution in [1.82, 2.24) is 0 Å². The van der Waals surface area contributed by atoms with Crippen LogP contribution in [0.1, 0.15) is 36.5 Å². The number of hydrogen-bond acceptors (Lipinski definition) is 6. The fourth-order valence-corrected chi connectivity index (χ4v) is 2.42. The van der Waals surface area contributed by atoms with E-state index in [-0.39, 0.29) is 31.1 Å². The van der Waals surface area contributed by atoms with Crippen molar-refractivity contribution in [3.05, 3.63) is 17.7 Å². The van der Waals surface area contributed by atoms with E-state index in [4.69, 9.17) is 14.2 Å². The second-order valence-corrected chi connectivity index (χ2v) is 5.59. The average Bonchev–Trinajstić information content (AvgIpc) is 2.89. The number of amides is 1. The van der Waals surface area contributed by atoms with Gasteiger partial charge in [0.05, 0.1) is 11.6 Å². The van der Waals surface area contributed by atoms with E-state index in [0.29, 0.717) is 22.7 Å². The van der Waals surface area contributed by atoms with E-state index in [1.165, 1.54) is 19.1 Å². The third-order valence-electron chi connectivity index (χ3n) is 3.95. The molecule has 7 nitrogen and oxygen atoms in total. The first kappa shape index (κ1) is 15.3. The highest BCUT2D eigenvalue weighted by Crippen LogP contribution is 2.37. The fourth-order valence-electron chi connectivity index (χ4n) is 2.42. The highest BCUT2D eigenvalue weighted by Gasteiger charge is 2.27. The number of esters is 1. The standard InChI is InChI=1S/C16H17NO6/c1-9(18)11-5-13-14(23-8-22-13)6-12(11)17-15(19)7-21-16(20)10-3-2-4-10/h5-6,10H,2-4,7-8H2,1H3,(H,17,19). The molecule has 0 bridgehead atoms. The van der Waals surface area contributed by atoms with Crippen LogP contribution in [0.3, 0.4) is 0 Å². The Morgan fingerprint density at radius 2 is 1.91 bits per heavy atom. The van der Waals surface area contributed by atoms with Crippen LogP contribution in [-0.2, 0) is 14.3 Å². The zero-order valence-corrected chi connectivity index (χ0v) is 12.7. The van der Waals surface area contributed by atoms with Crippen LogP contribution in [0.2, 0.25) is 0 Å². The van der Waals surface area contributed by atoms with Crippen molar-refractivity contribution in [2.24, 2.45) is 5.92 Å². The van der Waals surface area contributed by atoms with Crippen molar-refractivity contribution in [2.45, 2.75) is 26.2 Å². The number of anilines is 1. The van der Waals surface area contributed by atoms with E-state index in [0.717, 1.165) is 19.3 Å². The first-order valence-electron chi connectivity index (χ1n) is 7.45. The van der Waals surface area contributed by atoms with Gasteiger partial charge in [0.15, 0.2) is 23.9 Å². The monoisotopic (exact) mass is 319 g/mol. The molecule has 1 saturated carbocycles. The molecule has 3 rings (SSSR count). The van der Waals surface area contributed by atoms with E-state index in [1.54, 1.807) is 0 Å². The lowest BCUT2D eigenvalue weighted by Gasteiger charge is -2.22. The van der Waals surface area contributed by atoms with E-state index in [2.05, 4.69) is 5.32 Å². The highest BCUT2D eigenvalue weighted by molar-refractivity contribution is 6.05. The minimum atomic E-state index is -0.501. The molecule has 23 heavy (non-hydrogen) atoms. The van der Waals surface area contributed by atoms with Crippen LogP contribution in [0.4, 0.5) is 5.69 Å². The topological polar surface area (TPSA) is 90.9 Å². The number of hydrogen-bond donors (Lipinski definition) is 1. The minimum Gasteiger partial charge on any atom is -0.455 e. The fraction of sp³-hybridized carbons (Fsp3) is 0.438. The summed E-state index contributed by atoms with van der Waals surface area (Å²) in [7, 11) is 0. The van der Waals surface area contributed by atoms with Gasteiger partial charge in [0.1, 0.15) is 0 Å². The lowest BCUT2D eigenvalue weighted by atomic mass is 9.86. The SMILES string of the molecule is CC(=O)c1cc2c(cc1NC(=O)COC(=O)C1CCC1)OCO2. The summed E-state index contributed by atoms with van der Waals surface area (Å²) >= 11 is 0. The largest absolute Gasteiger partial charge is 0.455 e. The summed E-state index contributed by atoms with van der Waals surface area (Å²) in [6.45, 7) is 1.09. The summed E-state index contributed by atoms with van der Waals surface area (Å²) in [6, 6.07) is 3.06. The van der Waals surface area contributed by atoms with Crippen molar-refractivity contribution in [1.29, 1.82) is 0 Å². The maximum atomic E-state index is 11.9. The van der Waals surface area contributed by atoms with Gasteiger partial charge in [0.25, 0.3) is 5.91 Å². The molecule has 0 aromatic heterocycles. The second kappa shape index (κ2) is 6.28. The van der Waals surface area contributed by atoms with Crippen molar-refractivity contribution in [3.8, 4) is 11.5 Å². The number of benzene rings is 1. The lowest BCUT2D eigenvalue weighted by Crippen LogP contribution is -2.28. The summed E-state index contributed by atoms with van der Waals surface area (Å²) in [5.41, 5.74) is 0.624. The Morgan fingerprint density at radius 1 is 1.22 bits per heavy atom. The summed E-state index contributed by atoms with van der Waals surface area (Å²) < 4.78 is 15.4. The summed E-state index contributed by atoms with van der Waals surface area (Å²) in [5, 5.41) is 2.58. The molecule has 0 radical (unpaired) electrons. The number of rotatable bonds is 5. The Morgan fingerprint density at radius 3 is 2.52 bits per heavy atom. The summed E-state index contributed by atoms with van der Waals surface area (Å²) in [6.07, 6.45) is 2.65. The molecule has 0 saturated heterocycles. The third kappa shape index (κ3) is 3.28. The van der Waals surface area contributed by atoms with Crippen LogP contribution in [0.15, 0.2) is 12.1 Å². The molecule has 0 unspecified atom stereocenters. The molecule has 7 heteroatoms. The van der Waals surface area contributed by atoms with Crippen molar-refractivity contribution < 1.29 is 28.6 Å². The molecule has 2 aliphatic rings. The van der Waals surface area contributed by atoms with Crippen LogP contribution >= 0.6 is 0 Å². The first-order valence-corrected chi connectivity index (χ1v) is 7.45. The van der Waals surface area contributed by atoms with Crippen molar-refractivity contribution in [3.63, 3.8) is 0 Å². The van der Waals surface area contributed by atoms with Gasteiger partial charge in [0, 0.05) is 11.6 Å². The number of Topliss-reactive ketones (excluding diaryl/α,β-unsaturated/α-hetero) is 1. The Labute approximate surface area is 132 Å². The molecule has 1 amide bonds. The van der Waals surface area contributed by atoms with E-state index >= 15 is 0 Å². The predicted octanol–water partition coefficient (Wildman–Crippen LogP) is 1.90. The van der Waals surface area contributed by atoms with Gasteiger partial charge in [-0.3, -0.25) is 14.4 Å². The molecule has 1 aromatic carbocycles. The van der Waals surface area contributed by atoms with Gasteiger partial charge < -0.3 is 19.5 Å². The van der Waals surface area contributed by atoms with Crippen molar-refractivity contribution >= 4 is 23.3 Å². The second-order valence-electron chi connectivity index (χ2n) is 5.59. The number of fused-ring (bicyclic) bond motifs is 1. The van der Waals surface area contributed by atoms with Gasteiger partial charge in [-0.1, -0.05) is 6.42 Å². The van der Waals surface area contributed by atoms with Crippen molar-refractivity contribution in [2.75, 3.05) is 18.7 Å². The first-order chi connectivity index (χ1) is 11.0. The van der Waals surface area contributed by atoms with Gasteiger partial charge in [-0.05, 0) is 25.8 Å². The molecule has 1 aliphatic heterocycles. The molecule has 1 heterocycles. The van der Waals surface area contributed by atoms with Crippen LogP contribution in [-0.4, -0.2) is 31.1 Å². The van der Waals surface area contributed by atoms with E-state index in [9.17, 15) is 14.4 Å². The van der Waals surface area contributed by atoms with Crippen LogP contribution < -0.4 is 14.8 Å². The number of nitrogens with one attached hydrogen (secondary N) is 1. The maximum absolute atomic E-state index is 11.9. The molecular weight excluding hydrogens is 302 g/mol. The molecule has 1 fully saturated rings. The Balaban J connectivity index is 1.65. The molecule has 0 atom stereocenters. The average molecular weight is 319 g/mol. The summed E-state index contributed by atoms with van der Waals surface area (Å²) in [4.78, 5) is 35.3. The third-order valence-corrected chi connectivity index (χ3v) is 3.95. The molecule has 0 spiro atoms. The zero-order chi connectivity index (χ0) is 16.4. The number of ether oxygens (including phenoxy) is 3. The number of carbonyl (C=O) groups is 3. The quantitative estimate of drug-likeness (QED) is 0.658. The number of ketones is 1. The maximum Gasteiger partial charge on any atom is 0.309 e. The lowest BCUT2D eigenvalue weighted by molar-refractivity contribution is -0.154. The van der Waals surface area contributed by atoms with E-state index in [1.807, 2.05) is 0 Å². The van der Waals surface area contributed by atoms with Gasteiger partial charge >= 0.3 is 5.97 Å². The van der Waals surface area contributed by atoms with Gasteiger partial charge in [-0.2, -0.15) is 0 Å². The van der Waals surface area contributed by atoms with Crippen LogP contribution in [0.5, 0.6) is 11.5 Å². The Bertz CT molecular complexity index is 665. The zero-order valence-electron chi connectivity index (χ0n) is 12.7. The normalized spacial score (nSPS) is 15.7. The number of carbonyl (C=O) groups excluding carboxylic acids is 3. The summed E-state index contributed by atoms with van der Waals surface area (Å²) in [5.74, 6) is -0.226. The molecule has 122 valence electrons. The van der Waals surface area contributed by atoms with Crippen LogP contribution in [0.25, 0.3) is 0 Å². The molecule has 1 N–H and O–H groups in total. The van der Waals surface area contributed by atoms with Crippen LogP contribution in [0, 0.1) is 5.92 Å². The minimum absolute atomic E-state index is 0.0725.